The number of nitrogens with zero attached hydrogens (tertiary/aromatic N) is 3. The summed E-state index contributed by atoms with van der Waals surface area (Å²) in [5, 5.41) is 54.7. The first-order valence-corrected chi connectivity index (χ1v) is 13.2. The predicted octanol–water partition coefficient (Wildman–Crippen LogP) is 2.01. The van der Waals surface area contributed by atoms with Gasteiger partial charge in [-0.3, -0.25) is 24.6 Å². The summed E-state index contributed by atoms with van der Waals surface area (Å²) < 4.78 is 0. The summed E-state index contributed by atoms with van der Waals surface area (Å²) in [6.07, 6.45) is 3.32. The summed E-state index contributed by atoms with van der Waals surface area (Å²) in [4.78, 5) is 38.6. The van der Waals surface area contributed by atoms with Gasteiger partial charge in [-0.2, -0.15) is 5.10 Å². The first-order chi connectivity index (χ1) is 18.5. The highest BCUT2D eigenvalue weighted by Gasteiger charge is 2.53. The van der Waals surface area contributed by atoms with E-state index in [2.05, 4.69) is 37.6 Å². The Morgan fingerprint density at radius 1 is 1.10 bits per heavy atom. The molecule has 3 atom stereocenters. The number of aliphatic hydroxyl groups is 2. The summed E-state index contributed by atoms with van der Waals surface area (Å²) >= 11 is 1.73. The van der Waals surface area contributed by atoms with Crippen molar-refractivity contribution < 1.29 is 39.9 Å². The average Bonchev–Trinajstić information content (AvgIpc) is 3.66. The molecule has 0 spiro atoms. The van der Waals surface area contributed by atoms with E-state index < -0.39 is 42.0 Å². The lowest BCUT2D eigenvalue weighted by molar-refractivity contribution is -0.170. The number of carbonyl (C=O) groups is 3. The second-order valence-electron chi connectivity index (χ2n) is 9.96. The predicted molar refractivity (Wildman–Crippen MR) is 139 cm³/mol. The van der Waals surface area contributed by atoms with Gasteiger partial charge in [0.2, 0.25) is 0 Å². The van der Waals surface area contributed by atoms with Gasteiger partial charge in [-0.05, 0) is 42.3 Å². The van der Waals surface area contributed by atoms with Crippen LogP contribution in [-0.4, -0.2) is 82.2 Å². The first kappa shape index (κ1) is 28.4. The molecule has 39 heavy (non-hydrogen) atoms. The molecular formula is C26H30N4O8S. The minimum Gasteiger partial charge on any atom is -0.481 e. The molecule has 1 aliphatic heterocycles. The summed E-state index contributed by atoms with van der Waals surface area (Å²) in [6, 6.07) is 10.0. The Morgan fingerprint density at radius 2 is 1.85 bits per heavy atom. The van der Waals surface area contributed by atoms with Crippen molar-refractivity contribution in [1.82, 2.24) is 20.1 Å². The maximum absolute atomic E-state index is 11.4. The number of thiophene rings is 1. The average molecular weight is 559 g/mol. The van der Waals surface area contributed by atoms with Gasteiger partial charge < -0.3 is 25.5 Å². The van der Waals surface area contributed by atoms with Gasteiger partial charge in [0.1, 0.15) is 5.60 Å². The van der Waals surface area contributed by atoms with E-state index in [1.165, 1.54) is 10.4 Å². The maximum Gasteiger partial charge on any atom is 0.336 e. The van der Waals surface area contributed by atoms with Gasteiger partial charge in [0, 0.05) is 37.3 Å². The number of pyridine rings is 1. The van der Waals surface area contributed by atoms with Crippen LogP contribution in [0.25, 0.3) is 10.6 Å². The van der Waals surface area contributed by atoms with Crippen molar-refractivity contribution in [2.45, 2.75) is 43.4 Å². The highest BCUT2D eigenvalue weighted by molar-refractivity contribution is 7.13. The fourth-order valence-electron chi connectivity index (χ4n) is 5.47. The molecule has 0 aromatic carbocycles. The minimum atomic E-state index is -2.74. The third-order valence-electron chi connectivity index (χ3n) is 7.30. The van der Waals surface area contributed by atoms with E-state index in [1.54, 1.807) is 17.5 Å². The third kappa shape index (κ3) is 6.33. The van der Waals surface area contributed by atoms with E-state index in [-0.39, 0.29) is 5.92 Å². The van der Waals surface area contributed by atoms with Crippen LogP contribution in [0.4, 0.5) is 0 Å². The van der Waals surface area contributed by atoms with Gasteiger partial charge in [-0.25, -0.2) is 4.79 Å². The molecule has 12 nitrogen and oxygen atoms in total. The highest BCUT2D eigenvalue weighted by Crippen LogP contribution is 2.50. The van der Waals surface area contributed by atoms with Crippen LogP contribution in [0.3, 0.4) is 0 Å². The number of hydrogen-bond acceptors (Lipinski definition) is 9. The maximum atomic E-state index is 11.4. The molecule has 5 rings (SSSR count). The molecule has 0 unspecified atom stereocenters. The number of likely N-dealkylation sites (tertiary alicyclic amines) is 1. The summed E-state index contributed by atoms with van der Waals surface area (Å²) in [5.41, 5.74) is -0.339. The van der Waals surface area contributed by atoms with E-state index >= 15 is 0 Å². The molecule has 2 fully saturated rings. The molecule has 0 amide bonds. The molecule has 6 N–H and O–H groups in total. The quantitative estimate of drug-likeness (QED) is 0.225. The lowest BCUT2D eigenvalue weighted by atomic mass is 9.85. The monoisotopic (exact) mass is 558 g/mol. The Kier molecular flexibility index (Phi) is 8.45. The Bertz CT molecular complexity index is 1280. The van der Waals surface area contributed by atoms with Crippen molar-refractivity contribution in [3.63, 3.8) is 0 Å². The van der Waals surface area contributed by atoms with Gasteiger partial charge in [-0.15, -0.1) is 11.3 Å². The Labute approximate surface area is 227 Å². The lowest BCUT2D eigenvalue weighted by Gasteiger charge is -2.29. The topological polar surface area (TPSA) is 197 Å². The number of carboxylic acid groups (broad SMARTS) is 3. The van der Waals surface area contributed by atoms with Crippen molar-refractivity contribution in [2.75, 3.05) is 13.1 Å². The van der Waals surface area contributed by atoms with Gasteiger partial charge in [0.05, 0.1) is 35.3 Å². The van der Waals surface area contributed by atoms with E-state index in [1.807, 2.05) is 24.4 Å². The van der Waals surface area contributed by atoms with E-state index in [0.29, 0.717) is 5.92 Å². The zero-order chi connectivity index (χ0) is 28.2. The molecule has 0 bridgehead atoms. The van der Waals surface area contributed by atoms with Crippen LogP contribution in [0.5, 0.6) is 0 Å². The number of rotatable bonds is 9. The lowest BCUT2D eigenvalue weighted by Crippen LogP contribution is -2.42. The van der Waals surface area contributed by atoms with Crippen molar-refractivity contribution in [3.05, 3.63) is 59.4 Å². The number of aliphatic carboxylic acids is 3. The van der Waals surface area contributed by atoms with E-state index in [0.717, 1.165) is 43.9 Å². The molecule has 0 radical (unpaired) electrons. The second kappa shape index (κ2) is 11.6. The van der Waals surface area contributed by atoms with Crippen molar-refractivity contribution in [1.29, 1.82) is 0 Å². The Balaban J connectivity index is 0.000000233. The smallest absolute Gasteiger partial charge is 0.336 e. The zero-order valence-electron chi connectivity index (χ0n) is 20.9. The minimum absolute atomic E-state index is 0.259. The summed E-state index contributed by atoms with van der Waals surface area (Å²) in [6.45, 7) is 2.82. The number of aromatic amines is 1. The van der Waals surface area contributed by atoms with Gasteiger partial charge in [-0.1, -0.05) is 12.1 Å². The first-order valence-electron chi connectivity index (χ1n) is 12.3. The number of H-pyrrole nitrogens is 1. The second-order valence-corrected chi connectivity index (χ2v) is 10.9. The molecule has 13 heteroatoms. The molecular weight excluding hydrogens is 528 g/mol. The molecule has 208 valence electrons. The Hall–Kier alpha value is -3.65. The van der Waals surface area contributed by atoms with Crippen LogP contribution in [0, 0.1) is 11.8 Å². The van der Waals surface area contributed by atoms with Gasteiger partial charge in [0.25, 0.3) is 0 Å². The SMILES string of the molecule is O=C(O)CC(O)(CC(=O)O)C(=O)O.O[C@@]1(c2ccccn2)CC[C@H]2CN(Cc3cn[nH]c3-c3cccs3)C[C@H]21. The number of fused-ring (bicyclic) bond motifs is 1. The van der Waals surface area contributed by atoms with E-state index in [4.69, 9.17) is 20.4 Å². The highest BCUT2D eigenvalue weighted by atomic mass is 32.1. The fraction of sp³-hybridized carbons (Fsp3) is 0.423. The normalized spacial score (nSPS) is 22.6. The van der Waals surface area contributed by atoms with Crippen LogP contribution in [0.15, 0.2) is 48.1 Å². The van der Waals surface area contributed by atoms with Crippen molar-refractivity contribution in [3.8, 4) is 10.6 Å². The third-order valence-corrected chi connectivity index (χ3v) is 8.19. The van der Waals surface area contributed by atoms with Crippen LogP contribution >= 0.6 is 11.3 Å². The molecule has 4 heterocycles. The molecule has 3 aromatic rings. The summed E-state index contributed by atoms with van der Waals surface area (Å²) in [7, 11) is 0. The van der Waals surface area contributed by atoms with Crippen LogP contribution in [0.2, 0.25) is 0 Å². The summed E-state index contributed by atoms with van der Waals surface area (Å²) in [5.74, 6) is -4.22. The molecule has 1 saturated heterocycles. The van der Waals surface area contributed by atoms with Crippen molar-refractivity contribution in [2.24, 2.45) is 11.8 Å². The molecule has 2 aliphatic rings. The van der Waals surface area contributed by atoms with Gasteiger partial charge in [0.15, 0.2) is 5.60 Å². The van der Waals surface area contributed by atoms with Gasteiger partial charge >= 0.3 is 17.9 Å². The number of carboxylic acids is 3. The van der Waals surface area contributed by atoms with Crippen LogP contribution in [-0.2, 0) is 26.5 Å². The largest absolute Gasteiger partial charge is 0.481 e. The van der Waals surface area contributed by atoms with E-state index in [9.17, 15) is 19.5 Å². The Morgan fingerprint density at radius 3 is 2.44 bits per heavy atom. The van der Waals surface area contributed by atoms with Crippen LogP contribution in [0.1, 0.15) is 36.9 Å². The molecule has 1 aliphatic carbocycles. The molecule has 1 saturated carbocycles. The standard InChI is InChI=1S/C20H22N4OS.C6H8O7/c25-20(18-5-1-2-8-21-18)7-6-14-11-24(13-16(14)20)12-15-10-22-23-19(15)17-4-3-9-26-17;7-3(8)1-6(13,5(11)12)2-4(9)10/h1-5,8-10,14,16,25H,6-7,11-13H2,(H,22,23);13H,1-2H2,(H,7,8)(H,9,10)(H,11,12)/t14-,16+,20-;/m0./s1. The number of hydrogen-bond donors (Lipinski definition) is 6. The number of nitrogens with one attached hydrogen (secondary N) is 1. The fourth-order valence-corrected chi connectivity index (χ4v) is 6.23. The molecule has 3 aromatic heterocycles. The zero-order valence-corrected chi connectivity index (χ0v) is 21.8. The van der Waals surface area contributed by atoms with Crippen molar-refractivity contribution >= 4 is 29.2 Å². The number of aromatic nitrogens is 3. The van der Waals surface area contributed by atoms with Crippen LogP contribution < -0.4 is 0 Å².